The van der Waals surface area contributed by atoms with Gasteiger partial charge in [-0.1, -0.05) is 6.42 Å². The molecule has 1 aliphatic rings. The summed E-state index contributed by atoms with van der Waals surface area (Å²) in [6.45, 7) is 0.495. The lowest BCUT2D eigenvalue weighted by molar-refractivity contribution is -0.137. The standard InChI is InChI=1S/C15H16N8O2/c24-12(25)9-23-14(17-13(19-23)10-4-6-16-7-5-10)11-3-1-2-8-22-15(11)18-20-21-22/h4-7,11H,1-3,8-9H2,(H,24,25)/t11-/m1/s1. The van der Waals surface area contributed by atoms with Gasteiger partial charge in [0.25, 0.3) is 0 Å². The van der Waals surface area contributed by atoms with E-state index in [4.69, 9.17) is 0 Å². The minimum atomic E-state index is -0.972. The maximum absolute atomic E-state index is 11.3. The Hall–Kier alpha value is -3.17. The Morgan fingerprint density at radius 1 is 1.24 bits per heavy atom. The van der Waals surface area contributed by atoms with Gasteiger partial charge in [-0.05, 0) is 35.4 Å². The molecule has 1 atom stereocenters. The van der Waals surface area contributed by atoms with Crippen LogP contribution >= 0.6 is 0 Å². The summed E-state index contributed by atoms with van der Waals surface area (Å²) < 4.78 is 3.21. The number of aromatic nitrogens is 8. The van der Waals surface area contributed by atoms with Crippen molar-refractivity contribution in [2.24, 2.45) is 0 Å². The molecule has 1 N–H and O–H groups in total. The number of tetrazole rings is 1. The average molecular weight is 340 g/mol. The molecule has 0 spiro atoms. The van der Waals surface area contributed by atoms with Crippen LogP contribution in [0.5, 0.6) is 0 Å². The number of aryl methyl sites for hydroxylation is 1. The molecule has 3 aromatic rings. The highest BCUT2D eigenvalue weighted by Crippen LogP contribution is 2.31. The van der Waals surface area contributed by atoms with E-state index in [9.17, 15) is 9.90 Å². The van der Waals surface area contributed by atoms with Crippen LogP contribution in [0, 0.1) is 0 Å². The Kier molecular flexibility index (Phi) is 3.92. The average Bonchev–Trinajstić information content (AvgIpc) is 3.19. The molecule has 0 bridgehead atoms. The lowest BCUT2D eigenvalue weighted by atomic mass is 10.0. The molecule has 0 radical (unpaired) electrons. The number of nitrogens with zero attached hydrogens (tertiary/aromatic N) is 8. The van der Waals surface area contributed by atoms with Crippen LogP contribution in [-0.4, -0.2) is 51.0 Å². The summed E-state index contributed by atoms with van der Waals surface area (Å²) in [4.78, 5) is 19.9. The second kappa shape index (κ2) is 6.38. The fraction of sp³-hybridized carbons (Fsp3) is 0.400. The first kappa shape index (κ1) is 15.4. The largest absolute Gasteiger partial charge is 0.480 e. The predicted molar refractivity (Wildman–Crippen MR) is 84.4 cm³/mol. The molecular weight excluding hydrogens is 324 g/mol. The van der Waals surface area contributed by atoms with E-state index in [1.165, 1.54) is 4.68 Å². The normalized spacial score (nSPS) is 17.0. The molecule has 0 saturated carbocycles. The second-order valence-electron chi connectivity index (χ2n) is 5.89. The van der Waals surface area contributed by atoms with Gasteiger partial charge in [0.05, 0.1) is 5.92 Å². The van der Waals surface area contributed by atoms with Crippen LogP contribution in [0.25, 0.3) is 11.4 Å². The van der Waals surface area contributed by atoms with E-state index in [0.717, 1.165) is 31.4 Å². The van der Waals surface area contributed by atoms with E-state index in [2.05, 4.69) is 30.6 Å². The topological polar surface area (TPSA) is 124 Å². The number of aliphatic carboxylic acids is 1. The Balaban J connectivity index is 1.80. The maximum Gasteiger partial charge on any atom is 0.325 e. The van der Waals surface area contributed by atoms with Gasteiger partial charge in [0.15, 0.2) is 11.6 Å². The van der Waals surface area contributed by atoms with Crippen molar-refractivity contribution in [3.05, 3.63) is 36.2 Å². The quantitative estimate of drug-likeness (QED) is 0.737. The molecule has 10 nitrogen and oxygen atoms in total. The van der Waals surface area contributed by atoms with Gasteiger partial charge in [0.1, 0.15) is 12.4 Å². The number of hydrogen-bond acceptors (Lipinski definition) is 7. The molecule has 0 amide bonds. The highest BCUT2D eigenvalue weighted by molar-refractivity contribution is 5.66. The zero-order valence-corrected chi connectivity index (χ0v) is 13.4. The zero-order chi connectivity index (χ0) is 17.2. The number of carboxylic acids is 1. The van der Waals surface area contributed by atoms with Gasteiger partial charge < -0.3 is 5.11 Å². The molecule has 1 aliphatic heterocycles. The summed E-state index contributed by atoms with van der Waals surface area (Å²) in [6, 6.07) is 3.59. The van der Waals surface area contributed by atoms with Crippen molar-refractivity contribution in [1.29, 1.82) is 0 Å². The van der Waals surface area contributed by atoms with Crippen LogP contribution in [0.1, 0.15) is 36.8 Å². The fourth-order valence-electron chi connectivity index (χ4n) is 3.08. The monoisotopic (exact) mass is 340 g/mol. The molecule has 4 heterocycles. The SMILES string of the molecule is O=C(O)Cn1nc(-c2ccncc2)nc1[C@H]1CCCCn2nnnc21. The smallest absolute Gasteiger partial charge is 0.325 e. The van der Waals surface area contributed by atoms with Crippen molar-refractivity contribution in [2.45, 2.75) is 38.3 Å². The molecule has 4 rings (SSSR count). The third kappa shape index (κ3) is 2.97. The zero-order valence-electron chi connectivity index (χ0n) is 13.4. The van der Waals surface area contributed by atoms with E-state index in [1.54, 1.807) is 29.2 Å². The lowest BCUT2D eigenvalue weighted by Gasteiger charge is -2.12. The molecule has 0 unspecified atom stereocenters. The molecule has 128 valence electrons. The molecule has 0 aromatic carbocycles. The summed E-state index contributed by atoms with van der Waals surface area (Å²) in [5.41, 5.74) is 0.786. The van der Waals surface area contributed by atoms with Crippen molar-refractivity contribution in [1.82, 2.24) is 40.0 Å². The molecule has 0 saturated heterocycles. The first-order chi connectivity index (χ1) is 12.2. The summed E-state index contributed by atoms with van der Waals surface area (Å²) in [6.07, 6.45) is 6.05. The first-order valence-corrected chi connectivity index (χ1v) is 8.05. The van der Waals surface area contributed by atoms with Gasteiger partial charge in [-0.15, -0.1) is 5.10 Å². The van der Waals surface area contributed by atoms with Gasteiger partial charge in [-0.2, -0.15) is 5.10 Å². The Morgan fingerprint density at radius 2 is 2.08 bits per heavy atom. The van der Waals surface area contributed by atoms with Crippen LogP contribution in [0.4, 0.5) is 0 Å². The van der Waals surface area contributed by atoms with Crippen molar-refractivity contribution in [2.75, 3.05) is 0 Å². The molecule has 0 fully saturated rings. The van der Waals surface area contributed by atoms with Crippen LogP contribution < -0.4 is 0 Å². The first-order valence-electron chi connectivity index (χ1n) is 8.05. The third-order valence-corrected chi connectivity index (χ3v) is 4.22. The van der Waals surface area contributed by atoms with Gasteiger partial charge in [-0.3, -0.25) is 9.78 Å². The van der Waals surface area contributed by atoms with Gasteiger partial charge in [0, 0.05) is 24.5 Å². The van der Waals surface area contributed by atoms with Crippen LogP contribution in [0.3, 0.4) is 0 Å². The van der Waals surface area contributed by atoms with E-state index < -0.39 is 5.97 Å². The minimum absolute atomic E-state index is 0.181. The van der Waals surface area contributed by atoms with Crippen molar-refractivity contribution in [3.63, 3.8) is 0 Å². The summed E-state index contributed by atoms with van der Waals surface area (Å²) in [5, 5.41) is 25.6. The third-order valence-electron chi connectivity index (χ3n) is 4.22. The van der Waals surface area contributed by atoms with E-state index >= 15 is 0 Å². The van der Waals surface area contributed by atoms with Crippen LogP contribution in [-0.2, 0) is 17.9 Å². The molecule has 3 aromatic heterocycles. The Labute approximate surface area is 142 Å². The number of hydrogen-bond donors (Lipinski definition) is 1. The summed E-state index contributed by atoms with van der Waals surface area (Å²) in [5.74, 6) is 0.604. The van der Waals surface area contributed by atoms with Gasteiger partial charge >= 0.3 is 5.97 Å². The lowest BCUT2D eigenvalue weighted by Crippen LogP contribution is -2.18. The summed E-state index contributed by atoms with van der Waals surface area (Å²) >= 11 is 0. The van der Waals surface area contributed by atoms with Crippen molar-refractivity contribution in [3.8, 4) is 11.4 Å². The van der Waals surface area contributed by atoms with E-state index in [-0.39, 0.29) is 12.5 Å². The molecule has 10 heteroatoms. The Bertz CT molecular complexity index is 888. The maximum atomic E-state index is 11.3. The predicted octanol–water partition coefficient (Wildman–Crippen LogP) is 0.727. The Morgan fingerprint density at radius 3 is 2.88 bits per heavy atom. The van der Waals surface area contributed by atoms with Crippen LogP contribution in [0.15, 0.2) is 24.5 Å². The number of fused-ring (bicyclic) bond motifs is 1. The molecular formula is C15H16N8O2. The molecule has 0 aliphatic carbocycles. The van der Waals surface area contributed by atoms with Gasteiger partial charge in [0.2, 0.25) is 0 Å². The van der Waals surface area contributed by atoms with E-state index in [0.29, 0.717) is 17.5 Å². The highest BCUT2D eigenvalue weighted by Gasteiger charge is 2.29. The second-order valence-corrected chi connectivity index (χ2v) is 5.89. The van der Waals surface area contributed by atoms with Crippen LogP contribution in [0.2, 0.25) is 0 Å². The summed E-state index contributed by atoms with van der Waals surface area (Å²) in [7, 11) is 0. The number of carbonyl (C=O) groups is 1. The fourth-order valence-corrected chi connectivity index (χ4v) is 3.08. The van der Waals surface area contributed by atoms with Crippen molar-refractivity contribution >= 4 is 5.97 Å². The van der Waals surface area contributed by atoms with E-state index in [1.807, 2.05) is 0 Å². The number of pyridine rings is 1. The van der Waals surface area contributed by atoms with Crippen molar-refractivity contribution < 1.29 is 9.90 Å². The number of carboxylic acid groups (broad SMARTS) is 1. The van der Waals surface area contributed by atoms with Gasteiger partial charge in [-0.25, -0.2) is 14.3 Å². The molecule has 25 heavy (non-hydrogen) atoms. The minimum Gasteiger partial charge on any atom is -0.480 e. The highest BCUT2D eigenvalue weighted by atomic mass is 16.4. The number of rotatable bonds is 4.